The van der Waals surface area contributed by atoms with E-state index in [9.17, 15) is 13.2 Å². The third kappa shape index (κ3) is 6.98. The van der Waals surface area contributed by atoms with Crippen molar-refractivity contribution in [2.75, 3.05) is 12.4 Å². The van der Waals surface area contributed by atoms with Crippen LogP contribution in [-0.2, 0) is 12.8 Å². The molecular weight excluding hydrogens is 479 g/mol. The highest BCUT2D eigenvalue weighted by Gasteiger charge is 2.30. The molecule has 1 N–H and O–H groups in total. The number of hydrogen-bond acceptors (Lipinski definition) is 5. The highest BCUT2D eigenvalue weighted by molar-refractivity contribution is 5.84. The first kappa shape index (κ1) is 25.5. The smallest absolute Gasteiger partial charge is 0.417 e. The summed E-state index contributed by atoms with van der Waals surface area (Å²) in [5.74, 6) is 1.52. The van der Waals surface area contributed by atoms with Gasteiger partial charge in [0.25, 0.3) is 0 Å². The van der Waals surface area contributed by atoms with Crippen LogP contribution in [0.5, 0.6) is 11.5 Å². The lowest BCUT2D eigenvalue weighted by Gasteiger charge is -2.13. The Kier molecular flexibility index (Phi) is 8.20. The normalized spacial score (nSPS) is 11.7. The molecule has 5 nitrogen and oxygen atoms in total. The quantitative estimate of drug-likeness (QED) is 0.236. The van der Waals surface area contributed by atoms with Crippen LogP contribution in [0, 0.1) is 0 Å². The monoisotopic (exact) mass is 503 g/mol. The Labute approximate surface area is 212 Å². The first-order valence-electron chi connectivity index (χ1n) is 11.4. The van der Waals surface area contributed by atoms with Gasteiger partial charge in [-0.15, -0.1) is 0 Å². The SMILES string of the molecule is COc1cccc(C=CC=Nc2ccccc2Nc2ccc(C(F)(F)F)cn2)c1OCc1ccccc1. The molecule has 0 aliphatic rings. The third-order valence-electron chi connectivity index (χ3n) is 5.29. The van der Waals surface area contributed by atoms with Crippen LogP contribution in [0.3, 0.4) is 0 Å². The van der Waals surface area contributed by atoms with Crippen molar-refractivity contribution in [3.8, 4) is 11.5 Å². The zero-order valence-electron chi connectivity index (χ0n) is 19.9. The zero-order chi connectivity index (χ0) is 26.1. The van der Waals surface area contributed by atoms with E-state index < -0.39 is 11.7 Å². The molecule has 0 spiro atoms. The van der Waals surface area contributed by atoms with Crippen molar-refractivity contribution in [1.82, 2.24) is 4.98 Å². The number of methoxy groups -OCH3 is 1. The molecule has 1 heterocycles. The van der Waals surface area contributed by atoms with Gasteiger partial charge in [0.2, 0.25) is 0 Å². The molecule has 4 rings (SSSR count). The third-order valence-corrected chi connectivity index (χ3v) is 5.29. The molecule has 8 heteroatoms. The second-order valence-corrected chi connectivity index (χ2v) is 7.86. The van der Waals surface area contributed by atoms with Crippen molar-refractivity contribution in [3.63, 3.8) is 0 Å². The van der Waals surface area contributed by atoms with Gasteiger partial charge in [-0.2, -0.15) is 13.2 Å². The van der Waals surface area contributed by atoms with Crippen LogP contribution in [0.4, 0.5) is 30.4 Å². The van der Waals surface area contributed by atoms with E-state index >= 15 is 0 Å². The van der Waals surface area contributed by atoms with Crippen molar-refractivity contribution in [2.45, 2.75) is 12.8 Å². The Morgan fingerprint density at radius 1 is 0.919 bits per heavy atom. The zero-order valence-corrected chi connectivity index (χ0v) is 19.9. The number of ether oxygens (including phenoxy) is 2. The van der Waals surface area contributed by atoms with Gasteiger partial charge < -0.3 is 14.8 Å². The van der Waals surface area contributed by atoms with Crippen LogP contribution >= 0.6 is 0 Å². The molecule has 1 aromatic heterocycles. The number of alkyl halides is 3. The Morgan fingerprint density at radius 2 is 1.70 bits per heavy atom. The minimum atomic E-state index is -4.44. The van der Waals surface area contributed by atoms with Gasteiger partial charge in [-0.25, -0.2) is 4.98 Å². The molecule has 0 aliphatic heterocycles. The predicted octanol–water partition coefficient (Wildman–Crippen LogP) is 7.85. The van der Waals surface area contributed by atoms with Gasteiger partial charge in [-0.3, -0.25) is 4.99 Å². The fraction of sp³-hybridized carbons (Fsp3) is 0.103. The second kappa shape index (κ2) is 11.9. The van der Waals surface area contributed by atoms with E-state index in [1.165, 1.54) is 6.07 Å². The average molecular weight is 504 g/mol. The van der Waals surface area contributed by atoms with Crippen molar-refractivity contribution in [1.29, 1.82) is 0 Å². The standard InChI is InChI=1S/C29H24F3N3O2/c1-36-26-15-7-11-22(28(26)37-20-21-9-3-2-4-10-21)12-8-18-33-24-13-5-6-14-25(24)35-27-17-16-23(19-34-27)29(30,31)32/h2-19H,20H2,1H3,(H,34,35). The summed E-state index contributed by atoms with van der Waals surface area (Å²) in [6, 6.07) is 24.9. The highest BCUT2D eigenvalue weighted by Crippen LogP contribution is 2.33. The fourth-order valence-electron chi connectivity index (χ4n) is 3.44. The number of nitrogens with one attached hydrogen (secondary N) is 1. The maximum atomic E-state index is 12.8. The Balaban J connectivity index is 1.48. The molecule has 0 bridgehead atoms. The number of para-hydroxylation sites is 3. The van der Waals surface area contributed by atoms with Crippen LogP contribution in [-0.4, -0.2) is 18.3 Å². The molecule has 188 valence electrons. The van der Waals surface area contributed by atoms with E-state index in [0.717, 1.165) is 23.4 Å². The minimum Gasteiger partial charge on any atom is -0.493 e. The maximum Gasteiger partial charge on any atom is 0.417 e. The minimum absolute atomic E-state index is 0.280. The molecule has 0 saturated carbocycles. The van der Waals surface area contributed by atoms with E-state index in [1.807, 2.05) is 60.7 Å². The van der Waals surface area contributed by atoms with Gasteiger partial charge in [0.15, 0.2) is 11.5 Å². The summed E-state index contributed by atoms with van der Waals surface area (Å²) in [5.41, 5.74) is 2.26. The first-order chi connectivity index (χ1) is 17.9. The molecule has 4 aromatic rings. The van der Waals surface area contributed by atoms with Gasteiger partial charge in [-0.1, -0.05) is 54.6 Å². The number of hydrogen-bond donors (Lipinski definition) is 1. The molecular formula is C29H24F3N3O2. The van der Waals surface area contributed by atoms with Gasteiger partial charge >= 0.3 is 6.18 Å². The lowest BCUT2D eigenvalue weighted by Crippen LogP contribution is -2.05. The predicted molar refractivity (Wildman–Crippen MR) is 140 cm³/mol. The molecule has 3 aromatic carbocycles. The van der Waals surface area contributed by atoms with E-state index in [4.69, 9.17) is 9.47 Å². The molecule has 0 saturated heterocycles. The lowest BCUT2D eigenvalue weighted by molar-refractivity contribution is -0.137. The summed E-state index contributed by atoms with van der Waals surface area (Å²) in [5, 5.41) is 3.01. The highest BCUT2D eigenvalue weighted by atomic mass is 19.4. The number of allylic oxidation sites excluding steroid dienone is 1. The first-order valence-corrected chi connectivity index (χ1v) is 11.4. The summed E-state index contributed by atoms with van der Waals surface area (Å²) in [4.78, 5) is 8.35. The number of nitrogens with zero attached hydrogens (tertiary/aromatic N) is 2. The summed E-state index contributed by atoms with van der Waals surface area (Å²) in [7, 11) is 1.59. The van der Waals surface area contributed by atoms with Crippen molar-refractivity contribution < 1.29 is 22.6 Å². The number of anilines is 2. The fourth-order valence-corrected chi connectivity index (χ4v) is 3.44. The van der Waals surface area contributed by atoms with Crippen LogP contribution in [0.1, 0.15) is 16.7 Å². The van der Waals surface area contributed by atoms with Gasteiger partial charge in [0.1, 0.15) is 12.4 Å². The van der Waals surface area contributed by atoms with E-state index in [-0.39, 0.29) is 5.82 Å². The number of rotatable bonds is 9. The van der Waals surface area contributed by atoms with Crippen LogP contribution < -0.4 is 14.8 Å². The number of benzene rings is 3. The van der Waals surface area contributed by atoms with Crippen molar-refractivity contribution in [3.05, 3.63) is 114 Å². The Bertz CT molecular complexity index is 1370. The molecule has 37 heavy (non-hydrogen) atoms. The van der Waals surface area contributed by atoms with E-state index in [2.05, 4.69) is 15.3 Å². The average Bonchev–Trinajstić information content (AvgIpc) is 2.91. The molecule has 0 radical (unpaired) electrons. The van der Waals surface area contributed by atoms with Gasteiger partial charge in [-0.05, 0) is 48.0 Å². The largest absolute Gasteiger partial charge is 0.493 e. The maximum absolute atomic E-state index is 12.8. The number of aliphatic imine (C=N–C) groups is 1. The van der Waals surface area contributed by atoms with Crippen LogP contribution in [0.2, 0.25) is 0 Å². The van der Waals surface area contributed by atoms with Gasteiger partial charge in [0.05, 0.1) is 24.0 Å². The number of pyridine rings is 1. The van der Waals surface area contributed by atoms with E-state index in [1.54, 1.807) is 37.6 Å². The Hall–Kier alpha value is -4.59. The van der Waals surface area contributed by atoms with Crippen molar-refractivity contribution >= 4 is 29.5 Å². The number of aromatic nitrogens is 1. The second-order valence-electron chi connectivity index (χ2n) is 7.86. The summed E-state index contributed by atoms with van der Waals surface area (Å²) < 4.78 is 49.9. The summed E-state index contributed by atoms with van der Waals surface area (Å²) in [6.07, 6.45) is 1.62. The topological polar surface area (TPSA) is 55.7 Å². The number of halogens is 3. The van der Waals surface area contributed by atoms with Gasteiger partial charge in [0, 0.05) is 18.0 Å². The van der Waals surface area contributed by atoms with Crippen molar-refractivity contribution in [2.24, 2.45) is 4.99 Å². The molecule has 0 fully saturated rings. The molecule has 0 unspecified atom stereocenters. The Morgan fingerprint density at radius 3 is 2.43 bits per heavy atom. The molecule has 0 aliphatic carbocycles. The molecule has 0 atom stereocenters. The van der Waals surface area contributed by atoms with Crippen LogP contribution in [0.15, 0.2) is 102 Å². The summed E-state index contributed by atoms with van der Waals surface area (Å²) >= 11 is 0. The van der Waals surface area contributed by atoms with E-state index in [0.29, 0.717) is 29.5 Å². The molecule has 0 amide bonds. The lowest BCUT2D eigenvalue weighted by atomic mass is 10.1. The van der Waals surface area contributed by atoms with Crippen LogP contribution in [0.25, 0.3) is 6.08 Å². The summed E-state index contributed by atoms with van der Waals surface area (Å²) in [6.45, 7) is 0.396.